The average Bonchev–Trinajstić information content (AvgIpc) is 2.34. The van der Waals surface area contributed by atoms with Crippen molar-refractivity contribution in [2.45, 2.75) is 6.42 Å². The maximum absolute atomic E-state index is 10.3. The Bertz CT molecular complexity index is 205. The smallest absolute Gasteiger partial charge is 0.218 e. The maximum atomic E-state index is 10.3. The first kappa shape index (κ1) is 6.80. The predicted molar refractivity (Wildman–Crippen MR) is 35.8 cm³/mol. The number of nitrogens with zero attached hydrogens (tertiary/aromatic N) is 1. The first-order chi connectivity index (χ1) is 4.79. The van der Waals surface area contributed by atoms with Crippen LogP contribution in [-0.4, -0.2) is 16.1 Å². The van der Waals surface area contributed by atoms with Crippen LogP contribution in [0.2, 0.25) is 0 Å². The van der Waals surface area contributed by atoms with Crippen molar-refractivity contribution in [3.05, 3.63) is 24.4 Å². The number of carbonyl (C=O) groups excluding carboxylic acids is 1. The van der Waals surface area contributed by atoms with Crippen LogP contribution < -0.4 is 5.73 Å². The standard InChI is InChI=1S/C6H8N3O/c7-6(10)2-1-5-3-8-9-4-5/h1,3-4H,2H2,(H2,7,10)(H,8,9). The Morgan fingerprint density at radius 1 is 1.90 bits per heavy atom. The number of aromatic nitrogens is 2. The monoisotopic (exact) mass is 138 g/mol. The maximum Gasteiger partial charge on any atom is 0.218 e. The molecule has 10 heavy (non-hydrogen) atoms. The molecule has 4 nitrogen and oxygen atoms in total. The van der Waals surface area contributed by atoms with Crippen LogP contribution in [0.15, 0.2) is 12.4 Å². The highest BCUT2D eigenvalue weighted by molar-refractivity contribution is 5.75. The van der Waals surface area contributed by atoms with E-state index in [1.807, 2.05) is 0 Å². The predicted octanol–water partition coefficient (Wildman–Crippen LogP) is -0.163. The van der Waals surface area contributed by atoms with Crippen LogP contribution >= 0.6 is 0 Å². The van der Waals surface area contributed by atoms with Gasteiger partial charge in [-0.05, 0) is 5.56 Å². The molecule has 0 saturated carbocycles. The van der Waals surface area contributed by atoms with Crippen LogP contribution in [0.3, 0.4) is 0 Å². The van der Waals surface area contributed by atoms with Crippen LogP contribution in [0.25, 0.3) is 0 Å². The van der Waals surface area contributed by atoms with Crippen molar-refractivity contribution >= 4 is 5.91 Å². The molecule has 0 atom stereocenters. The Morgan fingerprint density at radius 2 is 2.70 bits per heavy atom. The second kappa shape index (κ2) is 3.00. The van der Waals surface area contributed by atoms with Gasteiger partial charge in [-0.3, -0.25) is 9.89 Å². The normalized spacial score (nSPS) is 9.60. The summed E-state index contributed by atoms with van der Waals surface area (Å²) in [7, 11) is 0. The molecule has 0 spiro atoms. The summed E-state index contributed by atoms with van der Waals surface area (Å²) in [5.41, 5.74) is 5.80. The number of nitrogens with two attached hydrogens (primary N) is 1. The third-order valence-electron chi connectivity index (χ3n) is 1.06. The fourth-order valence-electron chi connectivity index (χ4n) is 0.591. The molecule has 1 amide bonds. The minimum absolute atomic E-state index is 0.263. The number of nitrogens with one attached hydrogen (secondary N) is 1. The molecule has 53 valence electrons. The summed E-state index contributed by atoms with van der Waals surface area (Å²) in [5.74, 6) is -0.332. The van der Waals surface area contributed by atoms with Crippen LogP contribution in [-0.2, 0) is 4.79 Å². The minimum atomic E-state index is -0.332. The van der Waals surface area contributed by atoms with Gasteiger partial charge in [0.1, 0.15) is 0 Å². The molecular weight excluding hydrogens is 130 g/mol. The van der Waals surface area contributed by atoms with E-state index in [1.165, 1.54) is 0 Å². The lowest BCUT2D eigenvalue weighted by atomic mass is 10.2. The molecule has 1 heterocycles. The van der Waals surface area contributed by atoms with Gasteiger partial charge in [0.05, 0.1) is 6.20 Å². The van der Waals surface area contributed by atoms with Crippen LogP contribution in [0.5, 0.6) is 0 Å². The summed E-state index contributed by atoms with van der Waals surface area (Å²) in [6.07, 6.45) is 5.30. The van der Waals surface area contributed by atoms with Gasteiger partial charge in [0.25, 0.3) is 0 Å². The third kappa shape index (κ3) is 1.89. The van der Waals surface area contributed by atoms with Gasteiger partial charge in [0, 0.05) is 19.0 Å². The highest BCUT2D eigenvalue weighted by Gasteiger charge is 1.96. The molecule has 0 saturated heterocycles. The van der Waals surface area contributed by atoms with E-state index in [4.69, 9.17) is 5.73 Å². The summed E-state index contributed by atoms with van der Waals surface area (Å²) < 4.78 is 0. The van der Waals surface area contributed by atoms with Gasteiger partial charge >= 0.3 is 0 Å². The molecule has 0 unspecified atom stereocenters. The Kier molecular flexibility index (Phi) is 2.04. The number of hydrogen-bond acceptors (Lipinski definition) is 2. The molecule has 0 bridgehead atoms. The minimum Gasteiger partial charge on any atom is -0.370 e. The van der Waals surface area contributed by atoms with Crippen molar-refractivity contribution in [3.8, 4) is 0 Å². The fraction of sp³-hybridized carbons (Fsp3) is 0.167. The molecule has 0 aromatic carbocycles. The second-order valence-electron chi connectivity index (χ2n) is 1.91. The van der Waals surface area contributed by atoms with Gasteiger partial charge in [-0.15, -0.1) is 0 Å². The molecule has 1 radical (unpaired) electrons. The summed E-state index contributed by atoms with van der Waals surface area (Å²) in [6, 6.07) is 0. The van der Waals surface area contributed by atoms with Crippen LogP contribution in [0.1, 0.15) is 12.0 Å². The van der Waals surface area contributed by atoms with E-state index in [-0.39, 0.29) is 12.3 Å². The lowest BCUT2D eigenvalue weighted by Crippen LogP contribution is -2.09. The number of primary amides is 1. The molecule has 1 rings (SSSR count). The third-order valence-corrected chi connectivity index (χ3v) is 1.06. The Labute approximate surface area is 58.4 Å². The molecule has 1 aromatic heterocycles. The van der Waals surface area contributed by atoms with E-state index < -0.39 is 0 Å². The SMILES string of the molecule is NC(=O)C[CH]c1cn[nH]c1. The number of amides is 1. The summed E-state index contributed by atoms with van der Waals surface area (Å²) in [6.45, 7) is 0. The van der Waals surface area contributed by atoms with E-state index in [9.17, 15) is 4.79 Å². The van der Waals surface area contributed by atoms with Gasteiger partial charge in [0.15, 0.2) is 0 Å². The van der Waals surface area contributed by atoms with Crippen LogP contribution in [0, 0.1) is 6.42 Å². The zero-order chi connectivity index (χ0) is 7.40. The van der Waals surface area contributed by atoms with Gasteiger partial charge in [-0.2, -0.15) is 5.10 Å². The number of H-pyrrole nitrogens is 1. The van der Waals surface area contributed by atoms with E-state index in [2.05, 4.69) is 10.2 Å². The lowest BCUT2D eigenvalue weighted by Gasteiger charge is -1.89. The Balaban J connectivity index is 2.35. The first-order valence-corrected chi connectivity index (χ1v) is 2.89. The zero-order valence-corrected chi connectivity index (χ0v) is 5.37. The van der Waals surface area contributed by atoms with Gasteiger partial charge in [-0.25, -0.2) is 0 Å². The van der Waals surface area contributed by atoms with E-state index in [1.54, 1.807) is 18.8 Å². The van der Waals surface area contributed by atoms with Crippen LogP contribution in [0.4, 0.5) is 0 Å². The quantitative estimate of drug-likeness (QED) is 0.609. The van der Waals surface area contributed by atoms with Crippen molar-refractivity contribution in [2.24, 2.45) is 5.73 Å². The summed E-state index contributed by atoms with van der Waals surface area (Å²) in [4.78, 5) is 10.3. The lowest BCUT2D eigenvalue weighted by molar-refractivity contribution is -0.117. The summed E-state index contributed by atoms with van der Waals surface area (Å²) >= 11 is 0. The first-order valence-electron chi connectivity index (χ1n) is 2.89. The molecule has 0 aliphatic rings. The summed E-state index contributed by atoms with van der Waals surface area (Å²) in [5, 5.41) is 6.31. The fourth-order valence-corrected chi connectivity index (χ4v) is 0.591. The van der Waals surface area contributed by atoms with E-state index in [0.29, 0.717) is 0 Å². The topological polar surface area (TPSA) is 71.8 Å². The second-order valence-corrected chi connectivity index (χ2v) is 1.91. The highest BCUT2D eigenvalue weighted by atomic mass is 16.1. The molecule has 0 aliphatic carbocycles. The zero-order valence-electron chi connectivity index (χ0n) is 5.37. The number of carbonyl (C=O) groups is 1. The van der Waals surface area contributed by atoms with Crippen molar-refractivity contribution in [1.29, 1.82) is 0 Å². The highest BCUT2D eigenvalue weighted by Crippen LogP contribution is 2.00. The Hall–Kier alpha value is -1.32. The molecule has 4 heteroatoms. The van der Waals surface area contributed by atoms with Crippen molar-refractivity contribution in [1.82, 2.24) is 10.2 Å². The van der Waals surface area contributed by atoms with Crippen molar-refractivity contribution < 1.29 is 4.79 Å². The van der Waals surface area contributed by atoms with Gasteiger partial charge < -0.3 is 5.73 Å². The number of hydrogen-bond donors (Lipinski definition) is 2. The number of aromatic amines is 1. The molecule has 3 N–H and O–H groups in total. The number of rotatable bonds is 3. The largest absolute Gasteiger partial charge is 0.370 e. The molecule has 0 aliphatic heterocycles. The molecule has 0 fully saturated rings. The Morgan fingerprint density at radius 3 is 3.20 bits per heavy atom. The van der Waals surface area contributed by atoms with Gasteiger partial charge in [-0.1, -0.05) is 0 Å². The van der Waals surface area contributed by atoms with E-state index in [0.717, 1.165) is 5.56 Å². The van der Waals surface area contributed by atoms with Crippen molar-refractivity contribution in [2.75, 3.05) is 0 Å². The average molecular weight is 138 g/mol. The molecule has 1 aromatic rings. The molecular formula is C6H8N3O. The van der Waals surface area contributed by atoms with Gasteiger partial charge in [0.2, 0.25) is 5.91 Å². The van der Waals surface area contributed by atoms with Crippen molar-refractivity contribution in [3.63, 3.8) is 0 Å². The van der Waals surface area contributed by atoms with E-state index >= 15 is 0 Å².